The van der Waals surface area contributed by atoms with E-state index in [2.05, 4.69) is 20.2 Å². The van der Waals surface area contributed by atoms with Gasteiger partial charge in [0, 0.05) is 24.7 Å². The molecule has 0 atom stereocenters. The monoisotopic (exact) mass is 364 g/mol. The standard InChI is InChI=1S/C19H17FN6O/c1-22-18-10-16(26(2)25-18)17(27)9-12-5-6-14(20)13(8-12)11-24-15-4-3-7-23-19(15)21/h3-8,10,24H,9,11H2,2H3,(H2,21,23). The van der Waals surface area contributed by atoms with Gasteiger partial charge in [-0.3, -0.25) is 4.79 Å². The van der Waals surface area contributed by atoms with Gasteiger partial charge in [0.05, 0.1) is 12.7 Å². The average molecular weight is 364 g/mol. The van der Waals surface area contributed by atoms with Gasteiger partial charge < -0.3 is 15.9 Å². The number of aromatic nitrogens is 3. The third-order valence-corrected chi connectivity index (χ3v) is 4.05. The topological polar surface area (TPSA) is 90.2 Å². The molecule has 3 rings (SSSR count). The molecule has 0 unspecified atom stereocenters. The molecule has 3 N–H and O–H groups in total. The summed E-state index contributed by atoms with van der Waals surface area (Å²) >= 11 is 0. The molecular weight excluding hydrogens is 347 g/mol. The molecule has 0 fully saturated rings. The molecular formula is C19H17FN6O. The zero-order valence-electron chi connectivity index (χ0n) is 14.6. The van der Waals surface area contributed by atoms with Crippen LogP contribution in [0, 0.1) is 12.4 Å². The lowest BCUT2D eigenvalue weighted by molar-refractivity contribution is 0.0984. The first kappa shape index (κ1) is 18.1. The highest BCUT2D eigenvalue weighted by Crippen LogP contribution is 2.19. The minimum Gasteiger partial charge on any atom is -0.382 e. The number of Topliss-reactive ketones (excluding diaryl/α,β-unsaturated/α-hetero) is 1. The van der Waals surface area contributed by atoms with E-state index in [4.69, 9.17) is 12.3 Å². The SMILES string of the molecule is [C-]#[N+]c1cc(C(=O)Cc2ccc(F)c(CNc3cccnc3N)c2)n(C)n1. The van der Waals surface area contributed by atoms with E-state index in [0.717, 1.165) is 0 Å². The Morgan fingerprint density at radius 2 is 2.19 bits per heavy atom. The third kappa shape index (κ3) is 4.10. The molecule has 2 aromatic heterocycles. The normalized spacial score (nSPS) is 10.4. The predicted octanol–water partition coefficient (Wildman–Crippen LogP) is 3.12. The number of benzene rings is 1. The summed E-state index contributed by atoms with van der Waals surface area (Å²) < 4.78 is 15.5. The summed E-state index contributed by atoms with van der Waals surface area (Å²) in [5.41, 5.74) is 7.80. The summed E-state index contributed by atoms with van der Waals surface area (Å²) in [5.74, 6) is -0.0751. The summed E-state index contributed by atoms with van der Waals surface area (Å²) in [6.07, 6.45) is 1.66. The highest BCUT2D eigenvalue weighted by molar-refractivity contribution is 5.96. The van der Waals surface area contributed by atoms with Gasteiger partial charge in [0.1, 0.15) is 17.3 Å². The molecule has 0 radical (unpaired) electrons. The summed E-state index contributed by atoms with van der Waals surface area (Å²) in [6.45, 7) is 7.18. The van der Waals surface area contributed by atoms with E-state index in [9.17, 15) is 9.18 Å². The van der Waals surface area contributed by atoms with Crippen molar-refractivity contribution >= 4 is 23.1 Å². The first-order valence-electron chi connectivity index (χ1n) is 8.14. The van der Waals surface area contributed by atoms with Crippen molar-refractivity contribution in [1.29, 1.82) is 0 Å². The van der Waals surface area contributed by atoms with Gasteiger partial charge in [-0.05, 0) is 34.9 Å². The van der Waals surface area contributed by atoms with Crippen molar-refractivity contribution in [2.75, 3.05) is 11.1 Å². The first-order chi connectivity index (χ1) is 13.0. The molecule has 27 heavy (non-hydrogen) atoms. The summed E-state index contributed by atoms with van der Waals surface area (Å²) in [6, 6.07) is 9.48. The van der Waals surface area contributed by atoms with Crippen LogP contribution in [0.15, 0.2) is 42.6 Å². The predicted molar refractivity (Wildman–Crippen MR) is 99.9 cm³/mol. The number of nitrogens with zero attached hydrogens (tertiary/aromatic N) is 4. The van der Waals surface area contributed by atoms with Crippen molar-refractivity contribution in [2.45, 2.75) is 13.0 Å². The molecule has 0 saturated carbocycles. The van der Waals surface area contributed by atoms with E-state index in [1.807, 2.05) is 0 Å². The van der Waals surface area contributed by atoms with Gasteiger partial charge >= 0.3 is 0 Å². The number of nitrogens with one attached hydrogen (secondary N) is 1. The van der Waals surface area contributed by atoms with Crippen molar-refractivity contribution < 1.29 is 9.18 Å². The molecule has 7 nitrogen and oxygen atoms in total. The Hall–Kier alpha value is -3.73. The van der Waals surface area contributed by atoms with Crippen LogP contribution in [0.3, 0.4) is 0 Å². The number of hydrogen-bond acceptors (Lipinski definition) is 5. The lowest BCUT2D eigenvalue weighted by Crippen LogP contribution is -2.10. The quantitative estimate of drug-likeness (QED) is 0.518. The molecule has 136 valence electrons. The number of pyridine rings is 1. The van der Waals surface area contributed by atoms with Gasteiger partial charge in [0.2, 0.25) is 0 Å². The van der Waals surface area contributed by atoms with Crippen LogP contribution in [-0.4, -0.2) is 20.5 Å². The molecule has 3 aromatic rings. The second kappa shape index (κ2) is 7.66. The Morgan fingerprint density at radius 3 is 2.89 bits per heavy atom. The van der Waals surface area contributed by atoms with Crippen molar-refractivity contribution in [2.24, 2.45) is 7.05 Å². The molecule has 0 aliphatic carbocycles. The van der Waals surface area contributed by atoms with Crippen molar-refractivity contribution in [3.63, 3.8) is 0 Å². The van der Waals surface area contributed by atoms with E-state index in [1.54, 1.807) is 37.5 Å². The van der Waals surface area contributed by atoms with Gasteiger partial charge in [-0.1, -0.05) is 18.7 Å². The molecule has 0 bridgehead atoms. The second-order valence-corrected chi connectivity index (χ2v) is 5.94. The molecule has 2 heterocycles. The van der Waals surface area contributed by atoms with Crippen molar-refractivity contribution in [3.8, 4) is 0 Å². The summed E-state index contributed by atoms with van der Waals surface area (Å²) in [4.78, 5) is 19.7. The van der Waals surface area contributed by atoms with E-state index in [-0.39, 0.29) is 30.4 Å². The molecule has 0 aliphatic heterocycles. The zero-order valence-corrected chi connectivity index (χ0v) is 14.6. The van der Waals surface area contributed by atoms with Crippen LogP contribution in [0.25, 0.3) is 4.85 Å². The fourth-order valence-electron chi connectivity index (χ4n) is 2.67. The minimum absolute atomic E-state index is 0.0826. The summed E-state index contributed by atoms with van der Waals surface area (Å²) in [5, 5.41) is 6.99. The van der Waals surface area contributed by atoms with Gasteiger partial charge in [-0.15, -0.1) is 0 Å². The summed E-state index contributed by atoms with van der Waals surface area (Å²) in [7, 11) is 1.61. The number of halogens is 1. The number of nitrogen functional groups attached to an aromatic ring is 1. The Morgan fingerprint density at radius 1 is 1.37 bits per heavy atom. The number of hydrogen-bond donors (Lipinski definition) is 2. The average Bonchev–Trinajstić information content (AvgIpc) is 3.04. The first-order valence-corrected chi connectivity index (χ1v) is 8.14. The maximum Gasteiger partial charge on any atom is 0.296 e. The van der Waals surface area contributed by atoms with Crippen LogP contribution in [-0.2, 0) is 20.0 Å². The van der Waals surface area contributed by atoms with Crippen LogP contribution in [0.4, 0.5) is 21.7 Å². The van der Waals surface area contributed by atoms with E-state index in [0.29, 0.717) is 28.3 Å². The molecule has 0 spiro atoms. The molecule has 0 aliphatic rings. The van der Waals surface area contributed by atoms with Crippen LogP contribution < -0.4 is 11.1 Å². The van der Waals surface area contributed by atoms with Gasteiger partial charge in [-0.2, -0.15) is 4.68 Å². The van der Waals surface area contributed by atoms with Gasteiger partial charge in [0.25, 0.3) is 5.82 Å². The number of anilines is 2. The second-order valence-electron chi connectivity index (χ2n) is 5.94. The Bertz CT molecular complexity index is 1040. The number of nitrogens with two attached hydrogens (primary N) is 1. The Balaban J connectivity index is 1.75. The van der Waals surface area contributed by atoms with E-state index < -0.39 is 0 Å². The number of carbonyl (C=O) groups excluding carboxylic acids is 1. The Labute approximate surface area is 155 Å². The number of carbonyl (C=O) groups is 1. The number of ketones is 1. The fourth-order valence-corrected chi connectivity index (χ4v) is 2.67. The molecule has 1 aromatic carbocycles. The maximum atomic E-state index is 14.1. The minimum atomic E-state index is -0.378. The third-order valence-electron chi connectivity index (χ3n) is 4.05. The lowest BCUT2D eigenvalue weighted by Gasteiger charge is -2.10. The van der Waals surface area contributed by atoms with Crippen molar-refractivity contribution in [1.82, 2.24) is 14.8 Å². The maximum absolute atomic E-state index is 14.1. The van der Waals surface area contributed by atoms with E-state index in [1.165, 1.54) is 16.8 Å². The number of rotatable bonds is 6. The van der Waals surface area contributed by atoms with Gasteiger partial charge in [-0.25, -0.2) is 9.37 Å². The lowest BCUT2D eigenvalue weighted by atomic mass is 10.0. The largest absolute Gasteiger partial charge is 0.382 e. The molecule has 8 heteroatoms. The van der Waals surface area contributed by atoms with Crippen molar-refractivity contribution in [3.05, 3.63) is 76.7 Å². The van der Waals surface area contributed by atoms with E-state index >= 15 is 0 Å². The van der Waals surface area contributed by atoms with Crippen LogP contribution in [0.5, 0.6) is 0 Å². The van der Waals surface area contributed by atoms with Crippen LogP contribution >= 0.6 is 0 Å². The number of aryl methyl sites for hydroxylation is 1. The smallest absolute Gasteiger partial charge is 0.296 e. The Kier molecular flexibility index (Phi) is 5.13. The highest BCUT2D eigenvalue weighted by atomic mass is 19.1. The fraction of sp³-hybridized carbons (Fsp3) is 0.158. The zero-order chi connectivity index (χ0) is 19.4. The van der Waals surface area contributed by atoms with Crippen LogP contribution in [0.1, 0.15) is 21.6 Å². The molecule has 0 amide bonds. The molecule has 0 saturated heterocycles. The van der Waals surface area contributed by atoms with Crippen LogP contribution in [0.2, 0.25) is 0 Å². The van der Waals surface area contributed by atoms with Gasteiger partial charge in [0.15, 0.2) is 5.78 Å². The highest BCUT2D eigenvalue weighted by Gasteiger charge is 2.16.